The van der Waals surface area contributed by atoms with Crippen molar-refractivity contribution in [3.63, 3.8) is 0 Å². The fourth-order valence-corrected chi connectivity index (χ4v) is 4.16. The number of aromatic nitrogens is 2. The molecule has 1 aromatic heterocycles. The zero-order valence-electron chi connectivity index (χ0n) is 10.7. The molecule has 22 heavy (non-hydrogen) atoms. The van der Waals surface area contributed by atoms with Crippen molar-refractivity contribution >= 4 is 31.9 Å². The number of sulfone groups is 1. The highest BCUT2D eigenvalue weighted by atomic mass is 32.2. The molecule has 0 saturated carbocycles. The minimum Gasteiger partial charge on any atom is -0.216 e. The van der Waals surface area contributed by atoms with Crippen molar-refractivity contribution in [3.05, 3.63) is 47.5 Å². The molecule has 4 nitrogen and oxygen atoms in total. The number of hydrogen-bond acceptors (Lipinski definition) is 5. The van der Waals surface area contributed by atoms with Crippen molar-refractivity contribution in [1.82, 2.24) is 10.2 Å². The van der Waals surface area contributed by atoms with Crippen LogP contribution in [-0.4, -0.2) is 18.6 Å². The van der Waals surface area contributed by atoms with E-state index in [9.17, 15) is 21.6 Å². The van der Waals surface area contributed by atoms with Gasteiger partial charge < -0.3 is 0 Å². The van der Waals surface area contributed by atoms with Crippen LogP contribution in [0.4, 0.5) is 13.2 Å². The summed E-state index contributed by atoms with van der Waals surface area (Å²) in [6.45, 7) is 0. The first kappa shape index (κ1) is 14.9. The number of alkyl halides is 3. The summed E-state index contributed by atoms with van der Waals surface area (Å²) < 4.78 is 61.6. The molecule has 0 aliphatic carbocycles. The molecule has 3 aromatic rings. The Morgan fingerprint density at radius 2 is 1.64 bits per heavy atom. The van der Waals surface area contributed by atoms with Crippen molar-refractivity contribution in [2.75, 3.05) is 0 Å². The summed E-state index contributed by atoms with van der Waals surface area (Å²) >= 11 is 0.0118. The van der Waals surface area contributed by atoms with Crippen LogP contribution in [-0.2, 0) is 16.0 Å². The first-order chi connectivity index (χ1) is 10.3. The highest BCUT2D eigenvalue weighted by molar-refractivity contribution is 7.93. The zero-order valence-corrected chi connectivity index (χ0v) is 12.3. The predicted molar refractivity (Wildman–Crippen MR) is 74.3 cm³/mol. The highest BCUT2D eigenvalue weighted by Crippen LogP contribution is 2.34. The average molecular weight is 344 g/mol. The molecule has 0 amide bonds. The molecule has 0 aliphatic rings. The number of fused-ring (bicyclic) bond motifs is 1. The second-order valence-corrected chi connectivity index (χ2v) is 7.48. The lowest BCUT2D eigenvalue weighted by Crippen LogP contribution is -2.03. The number of halogens is 3. The molecule has 9 heteroatoms. The molecule has 2 aromatic carbocycles. The van der Waals surface area contributed by atoms with Gasteiger partial charge in [-0.05, 0) is 22.9 Å². The van der Waals surface area contributed by atoms with Crippen LogP contribution in [0.2, 0.25) is 0 Å². The number of nitrogens with zero attached hydrogens (tertiary/aromatic N) is 2. The van der Waals surface area contributed by atoms with E-state index < -0.39 is 25.4 Å². The Morgan fingerprint density at radius 1 is 0.955 bits per heavy atom. The van der Waals surface area contributed by atoms with Gasteiger partial charge in [0.2, 0.25) is 19.2 Å². The Morgan fingerprint density at radius 3 is 2.27 bits per heavy atom. The normalized spacial score (nSPS) is 12.7. The maximum Gasteiger partial charge on any atom is 0.445 e. The third-order valence-electron chi connectivity index (χ3n) is 2.91. The molecular formula is C13H7F3N2O2S2. The van der Waals surface area contributed by atoms with Gasteiger partial charge in [0.1, 0.15) is 0 Å². The van der Waals surface area contributed by atoms with Crippen LogP contribution in [0, 0.1) is 0 Å². The van der Waals surface area contributed by atoms with Gasteiger partial charge in [-0.1, -0.05) is 41.7 Å². The highest BCUT2D eigenvalue weighted by Gasteiger charge is 2.37. The fourth-order valence-electron chi connectivity index (χ4n) is 1.87. The SMILES string of the molecule is O=S(=O)(c1ccc2ccccc2c1)c1nnc(C(F)(F)F)s1. The molecule has 0 atom stereocenters. The van der Waals surface area contributed by atoms with Crippen molar-refractivity contribution in [1.29, 1.82) is 0 Å². The van der Waals surface area contributed by atoms with Gasteiger partial charge >= 0.3 is 6.18 Å². The largest absolute Gasteiger partial charge is 0.445 e. The van der Waals surface area contributed by atoms with Crippen molar-refractivity contribution in [2.24, 2.45) is 0 Å². The van der Waals surface area contributed by atoms with Crippen molar-refractivity contribution in [3.8, 4) is 0 Å². The number of benzene rings is 2. The molecule has 0 unspecified atom stereocenters. The van der Waals surface area contributed by atoms with E-state index in [0.717, 1.165) is 5.39 Å². The topological polar surface area (TPSA) is 59.9 Å². The molecule has 0 aliphatic heterocycles. The maximum absolute atomic E-state index is 12.5. The van der Waals surface area contributed by atoms with E-state index in [1.807, 2.05) is 0 Å². The predicted octanol–water partition coefficient (Wildman–Crippen LogP) is 3.54. The van der Waals surface area contributed by atoms with E-state index in [0.29, 0.717) is 5.39 Å². The Labute approximate surface area is 127 Å². The smallest absolute Gasteiger partial charge is 0.216 e. The van der Waals surface area contributed by atoms with Gasteiger partial charge in [-0.3, -0.25) is 0 Å². The second kappa shape index (κ2) is 5.03. The molecule has 1 heterocycles. The minimum atomic E-state index is -4.71. The van der Waals surface area contributed by atoms with E-state index in [2.05, 4.69) is 10.2 Å². The summed E-state index contributed by atoms with van der Waals surface area (Å²) in [5.41, 5.74) is 0. The van der Waals surface area contributed by atoms with E-state index in [1.165, 1.54) is 12.1 Å². The summed E-state index contributed by atoms with van der Waals surface area (Å²) in [4.78, 5) is -0.115. The monoisotopic (exact) mass is 344 g/mol. The summed E-state index contributed by atoms with van der Waals surface area (Å²) in [7, 11) is -4.12. The Balaban J connectivity index is 2.10. The van der Waals surface area contributed by atoms with Gasteiger partial charge in [-0.15, -0.1) is 10.2 Å². The molecule has 0 bridgehead atoms. The van der Waals surface area contributed by atoms with Gasteiger partial charge in [-0.2, -0.15) is 13.2 Å². The van der Waals surface area contributed by atoms with Crippen LogP contribution < -0.4 is 0 Å². The van der Waals surface area contributed by atoms with Crippen molar-refractivity contribution in [2.45, 2.75) is 15.4 Å². The summed E-state index contributed by atoms with van der Waals surface area (Å²) in [6.07, 6.45) is -4.71. The van der Waals surface area contributed by atoms with Crippen molar-refractivity contribution < 1.29 is 21.6 Å². The quantitative estimate of drug-likeness (QED) is 0.713. The molecule has 0 radical (unpaired) electrons. The van der Waals surface area contributed by atoms with Gasteiger partial charge in [0.15, 0.2) is 0 Å². The zero-order chi connectivity index (χ0) is 16.0. The fraction of sp³-hybridized carbons (Fsp3) is 0.0769. The Kier molecular flexibility index (Phi) is 3.41. The molecule has 0 saturated heterocycles. The summed E-state index contributed by atoms with van der Waals surface area (Å²) in [5, 5.41) is 6.29. The van der Waals surface area contributed by atoms with Crippen LogP contribution >= 0.6 is 11.3 Å². The molecule has 0 N–H and O–H groups in total. The molecule has 0 fully saturated rings. The van der Waals surface area contributed by atoms with E-state index in [4.69, 9.17) is 0 Å². The van der Waals surface area contributed by atoms with Crippen LogP contribution in [0.25, 0.3) is 10.8 Å². The summed E-state index contributed by atoms with van der Waals surface area (Å²) in [5.74, 6) is 0. The molecule has 114 valence electrons. The van der Waals surface area contributed by atoms with Gasteiger partial charge in [0.25, 0.3) is 0 Å². The van der Waals surface area contributed by atoms with Crippen LogP contribution in [0.5, 0.6) is 0 Å². The Bertz CT molecular complexity index is 949. The lowest BCUT2D eigenvalue weighted by atomic mass is 10.1. The van der Waals surface area contributed by atoms with Crippen LogP contribution in [0.3, 0.4) is 0 Å². The third kappa shape index (κ3) is 2.57. The summed E-state index contributed by atoms with van der Waals surface area (Å²) in [6, 6.07) is 11.4. The average Bonchev–Trinajstić information content (AvgIpc) is 2.97. The molecule has 3 rings (SSSR count). The van der Waals surface area contributed by atoms with Gasteiger partial charge in [0, 0.05) is 0 Å². The lowest BCUT2D eigenvalue weighted by molar-refractivity contribution is -0.138. The van der Waals surface area contributed by atoms with Gasteiger partial charge in [-0.25, -0.2) is 8.42 Å². The van der Waals surface area contributed by atoms with Crippen LogP contribution in [0.15, 0.2) is 51.7 Å². The second-order valence-electron chi connectivity index (χ2n) is 4.38. The van der Waals surface area contributed by atoms with E-state index in [1.54, 1.807) is 30.3 Å². The van der Waals surface area contributed by atoms with E-state index in [-0.39, 0.29) is 16.2 Å². The minimum absolute atomic E-state index is 0.0118. The lowest BCUT2D eigenvalue weighted by Gasteiger charge is -2.03. The number of hydrogen-bond donors (Lipinski definition) is 0. The first-order valence-corrected chi connectivity index (χ1v) is 8.23. The maximum atomic E-state index is 12.5. The van der Waals surface area contributed by atoms with Crippen LogP contribution in [0.1, 0.15) is 5.01 Å². The first-order valence-electron chi connectivity index (χ1n) is 5.93. The standard InChI is InChI=1S/C13H7F3N2O2S2/c14-13(15,16)11-17-18-12(21-11)22(19,20)10-6-5-8-3-1-2-4-9(8)7-10/h1-7H. The molecule has 0 spiro atoms. The molecular weight excluding hydrogens is 337 g/mol. The Hall–Kier alpha value is -2.00. The van der Waals surface area contributed by atoms with Gasteiger partial charge in [0.05, 0.1) is 4.90 Å². The van der Waals surface area contributed by atoms with E-state index >= 15 is 0 Å². The third-order valence-corrected chi connectivity index (χ3v) is 6.00. The number of rotatable bonds is 2.